The molecule has 3 heteroatoms. The molecule has 0 heterocycles. The van der Waals surface area contributed by atoms with E-state index in [2.05, 4.69) is 17.4 Å². The Bertz CT molecular complexity index is 740. The zero-order valence-corrected chi connectivity index (χ0v) is 13.5. The number of aryl methyl sites for hydroxylation is 1. The van der Waals surface area contributed by atoms with Crippen molar-refractivity contribution in [1.29, 1.82) is 5.26 Å². The summed E-state index contributed by atoms with van der Waals surface area (Å²) in [7, 11) is 0. The molecule has 0 saturated heterocycles. The van der Waals surface area contributed by atoms with Gasteiger partial charge in [0.05, 0.1) is 0 Å². The maximum absolute atomic E-state index is 12.0. The topological polar surface area (TPSA) is 52.9 Å². The summed E-state index contributed by atoms with van der Waals surface area (Å²) in [5, 5.41) is 11.9. The van der Waals surface area contributed by atoms with E-state index in [1.54, 1.807) is 12.2 Å². The highest BCUT2D eigenvalue weighted by atomic mass is 16.1. The maximum atomic E-state index is 12.0. The number of nitrogens with one attached hydrogen (secondary N) is 1. The first-order valence-corrected chi connectivity index (χ1v) is 7.95. The maximum Gasteiger partial charge on any atom is 0.261 e. The van der Waals surface area contributed by atoms with E-state index in [0.717, 1.165) is 18.4 Å². The number of rotatable bonds is 7. The molecule has 0 aromatic heterocycles. The second-order valence-corrected chi connectivity index (χ2v) is 5.31. The Labute approximate surface area is 142 Å². The van der Waals surface area contributed by atoms with Crippen LogP contribution in [0.2, 0.25) is 0 Å². The van der Waals surface area contributed by atoms with Crippen LogP contribution in [0.3, 0.4) is 0 Å². The third kappa shape index (κ3) is 5.94. The third-order valence-electron chi connectivity index (χ3n) is 3.49. The minimum atomic E-state index is -0.330. The summed E-state index contributed by atoms with van der Waals surface area (Å²) < 4.78 is 0. The number of carbonyl (C=O) groups is 1. The van der Waals surface area contributed by atoms with Gasteiger partial charge in [0.1, 0.15) is 11.6 Å². The molecule has 1 N–H and O–H groups in total. The Kier molecular flexibility index (Phi) is 7.04. The van der Waals surface area contributed by atoms with Crippen LogP contribution < -0.4 is 5.32 Å². The van der Waals surface area contributed by atoms with Crippen LogP contribution in [0.1, 0.15) is 17.5 Å². The summed E-state index contributed by atoms with van der Waals surface area (Å²) >= 11 is 0. The van der Waals surface area contributed by atoms with Crippen molar-refractivity contribution in [2.75, 3.05) is 6.54 Å². The first kappa shape index (κ1) is 17.2. The normalized spacial score (nSPS) is 11.2. The lowest BCUT2D eigenvalue weighted by atomic mass is 10.1. The van der Waals surface area contributed by atoms with Gasteiger partial charge in [-0.05, 0) is 30.0 Å². The summed E-state index contributed by atoms with van der Waals surface area (Å²) in [6.45, 7) is 0.551. The number of benzene rings is 2. The zero-order valence-electron chi connectivity index (χ0n) is 13.5. The highest BCUT2D eigenvalue weighted by Gasteiger charge is 2.06. The number of hydrogen-bond acceptors (Lipinski definition) is 2. The zero-order chi connectivity index (χ0) is 17.0. The van der Waals surface area contributed by atoms with E-state index < -0.39 is 0 Å². The van der Waals surface area contributed by atoms with E-state index in [4.69, 9.17) is 5.26 Å². The smallest absolute Gasteiger partial charge is 0.261 e. The van der Waals surface area contributed by atoms with Crippen molar-refractivity contribution in [2.24, 2.45) is 0 Å². The molecule has 0 aliphatic rings. The van der Waals surface area contributed by atoms with E-state index >= 15 is 0 Å². The molecule has 24 heavy (non-hydrogen) atoms. The second-order valence-electron chi connectivity index (χ2n) is 5.31. The Morgan fingerprint density at radius 2 is 1.71 bits per heavy atom. The Hall–Kier alpha value is -3.12. The van der Waals surface area contributed by atoms with Gasteiger partial charge in [0.2, 0.25) is 0 Å². The SMILES string of the molecule is N#C/C(=C\C=C\c1ccccc1)C(=O)NCCCc1ccccc1. The molecule has 0 atom stereocenters. The highest BCUT2D eigenvalue weighted by molar-refractivity contribution is 5.97. The number of nitriles is 1. The fourth-order valence-electron chi connectivity index (χ4n) is 2.22. The fourth-order valence-corrected chi connectivity index (χ4v) is 2.22. The van der Waals surface area contributed by atoms with E-state index in [0.29, 0.717) is 6.54 Å². The lowest BCUT2D eigenvalue weighted by molar-refractivity contribution is -0.117. The van der Waals surface area contributed by atoms with Gasteiger partial charge in [-0.25, -0.2) is 0 Å². The molecule has 2 aromatic carbocycles. The van der Waals surface area contributed by atoms with Crippen LogP contribution in [0.25, 0.3) is 6.08 Å². The summed E-state index contributed by atoms with van der Waals surface area (Å²) in [5.74, 6) is -0.330. The monoisotopic (exact) mass is 316 g/mol. The molecule has 2 rings (SSSR count). The van der Waals surface area contributed by atoms with Crippen molar-refractivity contribution < 1.29 is 4.79 Å². The van der Waals surface area contributed by atoms with E-state index in [1.165, 1.54) is 5.56 Å². The molecule has 0 aliphatic heterocycles. The Balaban J connectivity index is 1.80. The molecule has 0 saturated carbocycles. The van der Waals surface area contributed by atoms with Gasteiger partial charge in [-0.2, -0.15) is 5.26 Å². The largest absolute Gasteiger partial charge is 0.351 e. The van der Waals surface area contributed by atoms with Crippen LogP contribution in [0.4, 0.5) is 0 Å². The van der Waals surface area contributed by atoms with Gasteiger partial charge in [0.15, 0.2) is 0 Å². The first-order chi connectivity index (χ1) is 11.8. The van der Waals surface area contributed by atoms with Crippen LogP contribution in [-0.2, 0) is 11.2 Å². The molecule has 0 radical (unpaired) electrons. The quantitative estimate of drug-likeness (QED) is 0.364. The van der Waals surface area contributed by atoms with Gasteiger partial charge in [-0.3, -0.25) is 4.79 Å². The van der Waals surface area contributed by atoms with Crippen LogP contribution in [0, 0.1) is 11.3 Å². The fraction of sp³-hybridized carbons (Fsp3) is 0.143. The molecule has 0 spiro atoms. The van der Waals surface area contributed by atoms with Gasteiger partial charge >= 0.3 is 0 Å². The van der Waals surface area contributed by atoms with Crippen LogP contribution >= 0.6 is 0 Å². The molecule has 0 aliphatic carbocycles. The predicted octanol–water partition coefficient (Wildman–Crippen LogP) is 3.90. The molecular weight excluding hydrogens is 296 g/mol. The number of nitrogens with zero attached hydrogens (tertiary/aromatic N) is 1. The second kappa shape index (κ2) is 9.81. The molecule has 1 amide bonds. The van der Waals surface area contributed by atoms with Crippen molar-refractivity contribution in [2.45, 2.75) is 12.8 Å². The van der Waals surface area contributed by atoms with Crippen molar-refractivity contribution in [3.05, 3.63) is 89.5 Å². The van der Waals surface area contributed by atoms with Gasteiger partial charge < -0.3 is 5.32 Å². The van der Waals surface area contributed by atoms with Gasteiger partial charge in [0.25, 0.3) is 5.91 Å². The summed E-state index contributed by atoms with van der Waals surface area (Å²) in [4.78, 5) is 12.0. The van der Waals surface area contributed by atoms with Crippen LogP contribution in [0.15, 0.2) is 78.4 Å². The number of hydrogen-bond donors (Lipinski definition) is 1. The average molecular weight is 316 g/mol. The van der Waals surface area contributed by atoms with Crippen LogP contribution in [0.5, 0.6) is 0 Å². The highest BCUT2D eigenvalue weighted by Crippen LogP contribution is 2.03. The van der Waals surface area contributed by atoms with Gasteiger partial charge in [-0.15, -0.1) is 0 Å². The predicted molar refractivity (Wildman–Crippen MR) is 96.9 cm³/mol. The average Bonchev–Trinajstić information content (AvgIpc) is 2.64. The Morgan fingerprint density at radius 1 is 1.04 bits per heavy atom. The van der Waals surface area contributed by atoms with E-state index in [1.807, 2.05) is 60.7 Å². The lowest BCUT2D eigenvalue weighted by Gasteiger charge is -2.04. The molecular formula is C21H20N2O. The summed E-state index contributed by atoms with van der Waals surface area (Å²) in [6.07, 6.45) is 6.87. The number of amides is 1. The Morgan fingerprint density at radius 3 is 2.38 bits per heavy atom. The first-order valence-electron chi connectivity index (χ1n) is 7.95. The van der Waals surface area contributed by atoms with Crippen LogP contribution in [-0.4, -0.2) is 12.5 Å². The van der Waals surface area contributed by atoms with Crippen molar-refractivity contribution >= 4 is 12.0 Å². The van der Waals surface area contributed by atoms with Crippen molar-refractivity contribution in [1.82, 2.24) is 5.32 Å². The van der Waals surface area contributed by atoms with Crippen molar-refractivity contribution in [3.8, 4) is 6.07 Å². The third-order valence-corrected chi connectivity index (χ3v) is 3.49. The number of allylic oxidation sites excluding steroid dienone is 2. The standard InChI is InChI=1S/C21H20N2O/c22-17-20(15-7-13-18-9-3-1-4-10-18)21(24)23-16-8-14-19-11-5-2-6-12-19/h1-7,9-13,15H,8,14,16H2,(H,23,24)/b13-7+,20-15+. The molecule has 0 fully saturated rings. The molecule has 0 bridgehead atoms. The molecule has 2 aromatic rings. The molecule has 3 nitrogen and oxygen atoms in total. The minimum Gasteiger partial charge on any atom is -0.351 e. The minimum absolute atomic E-state index is 0.113. The summed E-state index contributed by atoms with van der Waals surface area (Å²) in [5.41, 5.74) is 2.38. The summed E-state index contributed by atoms with van der Waals surface area (Å²) in [6, 6.07) is 21.8. The number of carbonyl (C=O) groups excluding carboxylic acids is 1. The van der Waals surface area contributed by atoms with Gasteiger partial charge in [-0.1, -0.05) is 72.8 Å². The lowest BCUT2D eigenvalue weighted by Crippen LogP contribution is -2.25. The molecule has 120 valence electrons. The van der Waals surface area contributed by atoms with E-state index in [9.17, 15) is 4.79 Å². The van der Waals surface area contributed by atoms with E-state index in [-0.39, 0.29) is 11.5 Å². The van der Waals surface area contributed by atoms with Crippen molar-refractivity contribution in [3.63, 3.8) is 0 Å². The molecule has 0 unspecified atom stereocenters. The van der Waals surface area contributed by atoms with Gasteiger partial charge in [0, 0.05) is 6.54 Å².